The Labute approximate surface area is 250 Å². The lowest BCUT2D eigenvalue weighted by Crippen LogP contribution is -2.57. The van der Waals surface area contributed by atoms with Crippen LogP contribution in [0.5, 0.6) is 0 Å². The Kier molecular flexibility index (Phi) is 9.18. The maximum absolute atomic E-state index is 15.1. The van der Waals surface area contributed by atoms with Crippen LogP contribution in [0.4, 0.5) is 26.7 Å². The highest BCUT2D eigenvalue weighted by Gasteiger charge is 2.48. The third-order valence-electron chi connectivity index (χ3n) is 6.96. The third kappa shape index (κ3) is 6.24. The van der Waals surface area contributed by atoms with Crippen molar-refractivity contribution in [2.75, 3.05) is 14.1 Å². The van der Waals surface area contributed by atoms with E-state index in [0.717, 1.165) is 26.9 Å². The molecular formula is C26H26F5N5O5S2. The normalized spacial score (nSPS) is 20.1. The van der Waals surface area contributed by atoms with Crippen molar-refractivity contribution in [3.63, 3.8) is 0 Å². The zero-order valence-corrected chi connectivity index (χ0v) is 24.8. The van der Waals surface area contributed by atoms with Gasteiger partial charge < -0.3 is 15.4 Å². The highest BCUT2D eigenvalue weighted by molar-refractivity contribution is 8.03. The standard InChI is InChI=1S/C26H26F5N5O5S2/c1-11(2)20(32)23(39)41-10-36-15(13-5-6-14(27)18(19(13)28)26(29,30)31)9-43-24(36)33-16(37)7-12-8-42-22-17(12)21(38)34(3)25(40)35(22)4/h5-6,8-9,11,17,20,22H,7,10,32H2,1-4H3/t17?,20-,22?/m0/s1. The van der Waals surface area contributed by atoms with Crippen LogP contribution in [-0.4, -0.2) is 63.7 Å². The number of rotatable bonds is 7. The number of benzene rings is 1. The predicted octanol–water partition coefficient (Wildman–Crippen LogP) is 3.91. The van der Waals surface area contributed by atoms with E-state index in [1.54, 1.807) is 19.3 Å². The van der Waals surface area contributed by atoms with E-state index < -0.39 is 76.8 Å². The van der Waals surface area contributed by atoms with Crippen molar-refractivity contribution in [1.82, 2.24) is 14.4 Å². The second-order valence-corrected chi connectivity index (χ2v) is 12.0. The zero-order valence-electron chi connectivity index (χ0n) is 23.1. The maximum Gasteiger partial charge on any atom is 0.422 e. The molecule has 3 heterocycles. The Balaban J connectivity index is 1.71. The number of amides is 4. The quantitative estimate of drug-likeness (QED) is 0.357. The molecule has 17 heteroatoms. The van der Waals surface area contributed by atoms with Gasteiger partial charge in [-0.1, -0.05) is 13.8 Å². The fourth-order valence-electron chi connectivity index (χ4n) is 4.47. The molecule has 0 aliphatic carbocycles. The van der Waals surface area contributed by atoms with Crippen molar-refractivity contribution in [3.05, 3.63) is 50.5 Å². The Hall–Kier alpha value is -3.57. The van der Waals surface area contributed by atoms with Gasteiger partial charge in [0.2, 0.25) is 5.91 Å². The number of alkyl halides is 3. The van der Waals surface area contributed by atoms with E-state index in [1.807, 2.05) is 0 Å². The van der Waals surface area contributed by atoms with Gasteiger partial charge in [-0.15, -0.1) is 23.1 Å². The van der Waals surface area contributed by atoms with Gasteiger partial charge in [0.05, 0.1) is 23.4 Å². The summed E-state index contributed by atoms with van der Waals surface area (Å²) >= 11 is 1.93. The molecule has 2 N–H and O–H groups in total. The molecule has 0 spiro atoms. The number of urea groups is 1. The molecule has 10 nitrogen and oxygen atoms in total. The van der Waals surface area contributed by atoms with Gasteiger partial charge in [-0.2, -0.15) is 18.2 Å². The van der Waals surface area contributed by atoms with Crippen LogP contribution >= 0.6 is 23.1 Å². The fraction of sp³-hybridized carbons (Fsp3) is 0.423. The molecule has 0 radical (unpaired) electrons. The first kappa shape index (κ1) is 32.3. The molecule has 43 heavy (non-hydrogen) atoms. The molecule has 1 aromatic heterocycles. The van der Waals surface area contributed by atoms with Gasteiger partial charge in [0.25, 0.3) is 5.91 Å². The van der Waals surface area contributed by atoms with Crippen LogP contribution in [0.25, 0.3) is 11.3 Å². The summed E-state index contributed by atoms with van der Waals surface area (Å²) in [5, 5.41) is 2.23. The van der Waals surface area contributed by atoms with Crippen LogP contribution in [-0.2, 0) is 32.0 Å². The topological polar surface area (TPSA) is 127 Å². The average Bonchev–Trinajstić information content (AvgIpc) is 3.52. The van der Waals surface area contributed by atoms with E-state index in [4.69, 9.17) is 10.5 Å². The molecule has 0 saturated carbocycles. The minimum atomic E-state index is -5.35. The molecule has 232 valence electrons. The smallest absolute Gasteiger partial charge is 0.422 e. The molecule has 1 saturated heterocycles. The van der Waals surface area contributed by atoms with Gasteiger partial charge in [-0.25, -0.2) is 13.6 Å². The molecular weight excluding hydrogens is 621 g/mol. The number of thiazole rings is 1. The van der Waals surface area contributed by atoms with Gasteiger partial charge in [0.1, 0.15) is 23.2 Å². The van der Waals surface area contributed by atoms with Crippen molar-refractivity contribution in [2.24, 2.45) is 22.6 Å². The minimum Gasteiger partial charge on any atom is -0.443 e. The van der Waals surface area contributed by atoms with Crippen molar-refractivity contribution in [3.8, 4) is 11.3 Å². The SMILES string of the molecule is CC(C)[C@H](N)C(=O)OCn1c(-c2ccc(F)c(C(F)(F)F)c2F)csc1=NC(=O)CC1=CSC2C1C(=O)N(C)C(=O)N2C. The number of esters is 1. The Morgan fingerprint density at radius 1 is 1.16 bits per heavy atom. The number of nitrogens with two attached hydrogens (primary N) is 1. The minimum absolute atomic E-state index is 0.176. The number of carbonyl (C=O) groups excluding carboxylic acids is 4. The summed E-state index contributed by atoms with van der Waals surface area (Å²) in [7, 11) is 2.85. The van der Waals surface area contributed by atoms with E-state index in [-0.39, 0.29) is 22.8 Å². The first-order chi connectivity index (χ1) is 20.0. The molecule has 3 atom stereocenters. The van der Waals surface area contributed by atoms with Gasteiger partial charge in [-0.3, -0.25) is 23.9 Å². The Morgan fingerprint density at radius 3 is 2.47 bits per heavy atom. The third-order valence-corrected chi connectivity index (χ3v) is 9.13. The monoisotopic (exact) mass is 647 g/mol. The molecule has 4 rings (SSSR count). The van der Waals surface area contributed by atoms with E-state index in [9.17, 15) is 36.7 Å². The largest absolute Gasteiger partial charge is 0.443 e. The molecule has 1 aromatic carbocycles. The van der Waals surface area contributed by atoms with Crippen molar-refractivity contribution in [1.29, 1.82) is 0 Å². The van der Waals surface area contributed by atoms with Crippen LogP contribution in [0.15, 0.2) is 33.5 Å². The van der Waals surface area contributed by atoms with Crippen LogP contribution in [0.2, 0.25) is 0 Å². The summed E-state index contributed by atoms with van der Waals surface area (Å²) in [6, 6.07) is -0.313. The average molecular weight is 648 g/mol. The van der Waals surface area contributed by atoms with Crippen LogP contribution in [0, 0.1) is 23.5 Å². The highest BCUT2D eigenvalue weighted by Crippen LogP contribution is 2.43. The molecule has 2 aromatic rings. The summed E-state index contributed by atoms with van der Waals surface area (Å²) in [6.45, 7) is 2.61. The molecule has 0 bridgehead atoms. The van der Waals surface area contributed by atoms with Crippen LogP contribution in [0.3, 0.4) is 0 Å². The molecule has 2 aliphatic heterocycles. The number of thioether (sulfide) groups is 1. The lowest BCUT2D eigenvalue weighted by atomic mass is 9.94. The Bertz CT molecular complexity index is 1580. The van der Waals surface area contributed by atoms with Gasteiger partial charge in [-0.05, 0) is 29.0 Å². The number of hydrogen-bond donors (Lipinski definition) is 1. The first-order valence-electron chi connectivity index (χ1n) is 12.7. The van der Waals surface area contributed by atoms with Gasteiger partial charge in [0.15, 0.2) is 11.5 Å². The second kappa shape index (κ2) is 12.2. The fourth-order valence-corrected chi connectivity index (χ4v) is 6.64. The molecule has 2 unspecified atom stereocenters. The van der Waals surface area contributed by atoms with Crippen molar-refractivity contribution < 1.29 is 45.9 Å². The number of carbonyl (C=O) groups is 4. The van der Waals surface area contributed by atoms with Crippen molar-refractivity contribution in [2.45, 2.75) is 44.6 Å². The lowest BCUT2D eigenvalue weighted by Gasteiger charge is -2.38. The number of fused-ring (bicyclic) bond motifs is 1. The molecule has 1 fully saturated rings. The van der Waals surface area contributed by atoms with E-state index in [2.05, 4.69) is 4.99 Å². The summed E-state index contributed by atoms with van der Waals surface area (Å²) in [6.07, 6.45) is -5.69. The van der Waals surface area contributed by atoms with Gasteiger partial charge in [0, 0.05) is 25.0 Å². The van der Waals surface area contributed by atoms with E-state index in [0.29, 0.717) is 11.6 Å². The number of nitrogens with zero attached hydrogens (tertiary/aromatic N) is 4. The molecule has 4 amide bonds. The number of aromatic nitrogens is 1. The summed E-state index contributed by atoms with van der Waals surface area (Å²) in [5.74, 6) is -6.98. The van der Waals surface area contributed by atoms with E-state index in [1.165, 1.54) is 36.1 Å². The van der Waals surface area contributed by atoms with Gasteiger partial charge >= 0.3 is 18.2 Å². The van der Waals surface area contributed by atoms with Crippen molar-refractivity contribution >= 4 is 46.9 Å². The van der Waals surface area contributed by atoms with E-state index >= 15 is 4.39 Å². The summed E-state index contributed by atoms with van der Waals surface area (Å²) in [4.78, 5) is 56.7. The number of hydrogen-bond acceptors (Lipinski definition) is 8. The predicted molar refractivity (Wildman–Crippen MR) is 146 cm³/mol. The number of imide groups is 1. The lowest BCUT2D eigenvalue weighted by molar-refractivity contribution is -0.150. The Morgan fingerprint density at radius 2 is 1.84 bits per heavy atom. The maximum atomic E-state index is 15.1. The summed E-state index contributed by atoms with van der Waals surface area (Å²) in [5.41, 5.74) is 3.15. The van der Waals surface area contributed by atoms with Crippen LogP contribution < -0.4 is 10.5 Å². The van der Waals surface area contributed by atoms with Crippen LogP contribution in [0.1, 0.15) is 25.8 Å². The number of halogens is 5. The number of ether oxygens (including phenoxy) is 1. The zero-order chi connectivity index (χ0) is 32.0. The highest BCUT2D eigenvalue weighted by atomic mass is 32.2. The second-order valence-electron chi connectivity index (χ2n) is 10.1. The first-order valence-corrected chi connectivity index (χ1v) is 14.5. The molecule has 2 aliphatic rings. The summed E-state index contributed by atoms with van der Waals surface area (Å²) < 4.78 is 75.6.